The van der Waals surface area contributed by atoms with Crippen molar-refractivity contribution in [1.29, 1.82) is 0 Å². The zero-order chi connectivity index (χ0) is 15.6. The molecule has 1 aromatic heterocycles. The fourth-order valence-corrected chi connectivity index (χ4v) is 2.24. The van der Waals surface area contributed by atoms with Crippen molar-refractivity contribution in [1.82, 2.24) is 20.0 Å². The Hall–Kier alpha value is -1.99. The molecule has 21 heavy (non-hydrogen) atoms. The number of carbonyl (C=O) groups is 1. The third-order valence-corrected chi connectivity index (χ3v) is 3.27. The molecule has 0 saturated heterocycles. The summed E-state index contributed by atoms with van der Waals surface area (Å²) in [5.41, 5.74) is 0.893. The largest absolute Gasteiger partial charge is 0.413 e. The van der Waals surface area contributed by atoms with E-state index in [9.17, 15) is 18.0 Å². The third-order valence-electron chi connectivity index (χ3n) is 3.27. The fourth-order valence-electron chi connectivity index (χ4n) is 2.24. The molecule has 1 unspecified atom stereocenters. The number of nitrogens with zero attached hydrogens (tertiary/aromatic N) is 3. The van der Waals surface area contributed by atoms with Crippen molar-refractivity contribution in [3.63, 3.8) is 0 Å². The first-order valence-electron chi connectivity index (χ1n) is 6.53. The number of hydrogen-bond donors (Lipinski definition) is 1. The average molecular weight is 302 g/mol. The van der Waals surface area contributed by atoms with Gasteiger partial charge in [0.1, 0.15) is 0 Å². The molecule has 116 valence electrons. The molecule has 2 heterocycles. The normalized spacial score (nSPS) is 17.4. The highest BCUT2D eigenvalue weighted by molar-refractivity contribution is 5.75. The molecule has 1 aliphatic rings. The fraction of sp³-hybridized carbons (Fsp3) is 0.538. The van der Waals surface area contributed by atoms with E-state index in [-0.39, 0.29) is 5.56 Å². The quantitative estimate of drug-likeness (QED) is 0.853. The van der Waals surface area contributed by atoms with Crippen molar-refractivity contribution in [3.8, 4) is 0 Å². The van der Waals surface area contributed by atoms with Gasteiger partial charge in [0.25, 0.3) is 0 Å². The summed E-state index contributed by atoms with van der Waals surface area (Å²) in [5, 5.41) is 5.78. The van der Waals surface area contributed by atoms with Crippen molar-refractivity contribution < 1.29 is 18.0 Å². The monoisotopic (exact) mass is 302 g/mol. The van der Waals surface area contributed by atoms with Gasteiger partial charge >= 0.3 is 12.2 Å². The lowest BCUT2D eigenvalue weighted by atomic mass is 10.1. The van der Waals surface area contributed by atoms with Crippen LogP contribution in [0.25, 0.3) is 0 Å². The van der Waals surface area contributed by atoms with E-state index in [1.54, 1.807) is 0 Å². The van der Waals surface area contributed by atoms with Crippen LogP contribution in [0, 0.1) is 0 Å². The average Bonchev–Trinajstić information content (AvgIpc) is 2.80. The molecule has 2 amide bonds. The highest BCUT2D eigenvalue weighted by atomic mass is 19.4. The maximum atomic E-state index is 13.1. The molecule has 0 spiro atoms. The Balaban J connectivity index is 2.12. The molecule has 1 aromatic rings. The van der Waals surface area contributed by atoms with Crippen LogP contribution < -0.4 is 5.32 Å². The Morgan fingerprint density at radius 3 is 2.71 bits per heavy atom. The van der Waals surface area contributed by atoms with E-state index in [1.807, 2.05) is 13.0 Å². The Morgan fingerprint density at radius 2 is 2.19 bits per heavy atom. The minimum absolute atomic E-state index is 0.0809. The Kier molecular flexibility index (Phi) is 4.24. The van der Waals surface area contributed by atoms with Gasteiger partial charge in [0.05, 0.1) is 6.20 Å². The maximum absolute atomic E-state index is 13.1. The summed E-state index contributed by atoms with van der Waals surface area (Å²) >= 11 is 0. The van der Waals surface area contributed by atoms with Crippen LogP contribution in [0.5, 0.6) is 0 Å². The number of hydrogen-bond acceptors (Lipinski definition) is 2. The van der Waals surface area contributed by atoms with E-state index in [0.717, 1.165) is 11.8 Å². The van der Waals surface area contributed by atoms with E-state index in [1.165, 1.54) is 22.8 Å². The number of carbonyl (C=O) groups excluding carboxylic acids is 1. The number of aromatic nitrogens is 2. The van der Waals surface area contributed by atoms with Crippen LogP contribution in [0.15, 0.2) is 24.0 Å². The van der Waals surface area contributed by atoms with Crippen LogP contribution in [-0.2, 0) is 7.05 Å². The Labute approximate surface area is 120 Å². The first-order chi connectivity index (χ1) is 9.77. The first kappa shape index (κ1) is 15.4. The van der Waals surface area contributed by atoms with Gasteiger partial charge in [-0.15, -0.1) is 0 Å². The number of rotatable bonds is 2. The highest BCUT2D eigenvalue weighted by Gasteiger charge is 2.43. The predicted octanol–water partition coefficient (Wildman–Crippen LogP) is 2.39. The van der Waals surface area contributed by atoms with Crippen molar-refractivity contribution >= 4 is 6.03 Å². The summed E-state index contributed by atoms with van der Waals surface area (Å²) in [7, 11) is 1.53. The number of halogens is 3. The second-order valence-electron chi connectivity index (χ2n) is 5.13. The zero-order valence-corrected chi connectivity index (χ0v) is 11.8. The van der Waals surface area contributed by atoms with Gasteiger partial charge in [-0.3, -0.25) is 4.68 Å². The van der Waals surface area contributed by atoms with E-state index in [0.29, 0.717) is 19.5 Å². The lowest BCUT2D eigenvalue weighted by Crippen LogP contribution is -2.47. The molecule has 0 bridgehead atoms. The van der Waals surface area contributed by atoms with E-state index in [4.69, 9.17) is 0 Å². The second kappa shape index (κ2) is 5.79. The van der Waals surface area contributed by atoms with Crippen LogP contribution in [0.3, 0.4) is 0 Å². The van der Waals surface area contributed by atoms with Crippen LogP contribution in [-0.4, -0.2) is 40.0 Å². The number of urea groups is 1. The van der Waals surface area contributed by atoms with Gasteiger partial charge in [-0.2, -0.15) is 18.3 Å². The van der Waals surface area contributed by atoms with Crippen molar-refractivity contribution in [2.45, 2.75) is 25.6 Å². The molecule has 1 atom stereocenters. The molecule has 2 rings (SSSR count). The number of alkyl halides is 3. The number of aryl methyl sites for hydroxylation is 1. The Bertz CT molecular complexity index is 550. The van der Waals surface area contributed by atoms with Gasteiger partial charge in [0.15, 0.2) is 6.04 Å². The summed E-state index contributed by atoms with van der Waals surface area (Å²) in [6, 6.07) is -2.77. The molecule has 0 saturated carbocycles. The molecule has 0 aliphatic carbocycles. The van der Waals surface area contributed by atoms with Crippen molar-refractivity contribution in [2.24, 2.45) is 7.05 Å². The summed E-state index contributed by atoms with van der Waals surface area (Å²) in [6.45, 7) is 2.62. The topological polar surface area (TPSA) is 50.2 Å². The molecule has 0 radical (unpaired) electrons. The van der Waals surface area contributed by atoms with Crippen LogP contribution in [0.1, 0.15) is 24.9 Å². The molecule has 1 N–H and O–H groups in total. The maximum Gasteiger partial charge on any atom is 0.413 e. The second-order valence-corrected chi connectivity index (χ2v) is 5.13. The lowest BCUT2D eigenvalue weighted by Gasteiger charge is -2.29. The third kappa shape index (κ3) is 3.77. The highest BCUT2D eigenvalue weighted by Crippen LogP contribution is 2.32. The molecule has 0 aromatic carbocycles. The Morgan fingerprint density at radius 1 is 1.48 bits per heavy atom. The number of amides is 2. The molecule has 5 nitrogen and oxygen atoms in total. The zero-order valence-electron chi connectivity index (χ0n) is 11.8. The van der Waals surface area contributed by atoms with Crippen molar-refractivity contribution in [2.75, 3.05) is 13.1 Å². The smallest absolute Gasteiger partial charge is 0.322 e. The van der Waals surface area contributed by atoms with E-state index >= 15 is 0 Å². The van der Waals surface area contributed by atoms with Gasteiger partial charge in [0.2, 0.25) is 0 Å². The summed E-state index contributed by atoms with van der Waals surface area (Å²) < 4.78 is 40.7. The van der Waals surface area contributed by atoms with Crippen LogP contribution >= 0.6 is 0 Å². The molecule has 8 heteroatoms. The summed E-state index contributed by atoms with van der Waals surface area (Å²) in [4.78, 5) is 13.4. The minimum atomic E-state index is -4.57. The van der Waals surface area contributed by atoms with Gasteiger partial charge < -0.3 is 10.2 Å². The molecular formula is C13H17F3N4O. The van der Waals surface area contributed by atoms with Crippen molar-refractivity contribution in [3.05, 3.63) is 29.6 Å². The van der Waals surface area contributed by atoms with E-state index < -0.39 is 18.2 Å². The summed E-state index contributed by atoms with van der Waals surface area (Å²) in [5.74, 6) is 0. The molecule has 1 aliphatic heterocycles. The van der Waals surface area contributed by atoms with Gasteiger partial charge in [-0.05, 0) is 13.3 Å². The van der Waals surface area contributed by atoms with Gasteiger partial charge in [0, 0.05) is 31.9 Å². The van der Waals surface area contributed by atoms with Crippen LogP contribution in [0.2, 0.25) is 0 Å². The lowest BCUT2D eigenvalue weighted by molar-refractivity contribution is -0.155. The van der Waals surface area contributed by atoms with Gasteiger partial charge in [-0.1, -0.05) is 11.6 Å². The molecular weight excluding hydrogens is 285 g/mol. The van der Waals surface area contributed by atoms with Gasteiger partial charge in [-0.25, -0.2) is 4.79 Å². The predicted molar refractivity (Wildman–Crippen MR) is 70.5 cm³/mol. The standard InChI is InChI=1S/C13H17F3N4O/c1-9-4-3-5-20(7-9)12(21)18-11(13(14,15)16)10-6-17-19(2)8-10/h4,6,8,11H,3,5,7H2,1-2H3,(H,18,21). The first-order valence-corrected chi connectivity index (χ1v) is 6.53. The summed E-state index contributed by atoms with van der Waals surface area (Å²) in [6.07, 6.45) is 0.425. The minimum Gasteiger partial charge on any atom is -0.322 e. The van der Waals surface area contributed by atoms with E-state index in [2.05, 4.69) is 10.4 Å². The molecule has 0 fully saturated rings. The SMILES string of the molecule is CC1=CCCN(C(=O)NC(c2cnn(C)c2)C(F)(F)F)C1. The van der Waals surface area contributed by atoms with Crippen LogP contribution in [0.4, 0.5) is 18.0 Å². The number of nitrogens with one attached hydrogen (secondary N) is 1.